The van der Waals surface area contributed by atoms with Crippen LogP contribution in [0, 0.1) is 0 Å². The number of nitrogens with zero attached hydrogens (tertiary/aromatic N) is 3. The van der Waals surface area contributed by atoms with E-state index in [-0.39, 0.29) is 5.54 Å². The number of hydrazine groups is 1. The Balaban J connectivity index is 2.06. The molecule has 1 aliphatic rings. The number of hydrogen-bond donors (Lipinski definition) is 2. The molecular weight excluding hydrogens is 226 g/mol. The zero-order valence-corrected chi connectivity index (χ0v) is 11.5. The van der Waals surface area contributed by atoms with Crippen LogP contribution in [0.25, 0.3) is 0 Å². The Hall–Kier alpha value is -1.17. The third-order valence-electron chi connectivity index (χ3n) is 3.82. The third kappa shape index (κ3) is 2.80. The molecule has 0 radical (unpaired) electrons. The lowest BCUT2D eigenvalue weighted by atomic mass is 9.99. The monoisotopic (exact) mass is 249 g/mol. The van der Waals surface area contributed by atoms with E-state index in [0.717, 1.165) is 37.6 Å². The first kappa shape index (κ1) is 13.3. The van der Waals surface area contributed by atoms with Crippen molar-refractivity contribution >= 4 is 5.82 Å². The fraction of sp³-hybridized carbons (Fsp3) is 0.615. The van der Waals surface area contributed by atoms with Crippen LogP contribution in [0.15, 0.2) is 18.3 Å². The summed E-state index contributed by atoms with van der Waals surface area (Å²) in [6, 6.07) is 4.03. The topological polar surface area (TPSA) is 57.4 Å². The molecule has 1 aromatic rings. The molecule has 5 heteroatoms. The van der Waals surface area contributed by atoms with E-state index in [2.05, 4.69) is 47.2 Å². The number of anilines is 1. The molecule has 100 valence electrons. The van der Waals surface area contributed by atoms with Gasteiger partial charge in [0.1, 0.15) is 5.82 Å². The summed E-state index contributed by atoms with van der Waals surface area (Å²) in [6.45, 7) is 8.69. The molecule has 1 fully saturated rings. The Labute approximate surface area is 109 Å². The molecule has 3 N–H and O–H groups in total. The Kier molecular flexibility index (Phi) is 3.85. The number of nitrogen functional groups attached to an aromatic ring is 1. The minimum atomic E-state index is 0.219. The van der Waals surface area contributed by atoms with Gasteiger partial charge >= 0.3 is 0 Å². The van der Waals surface area contributed by atoms with Crippen molar-refractivity contribution in [2.24, 2.45) is 5.84 Å². The van der Waals surface area contributed by atoms with Crippen LogP contribution in [0.2, 0.25) is 0 Å². The number of aromatic nitrogens is 1. The standard InChI is InChI=1S/C13H23N5/c1-13(2)10-18(8-7-17(13)3)9-11-5-4-6-15-12(11)16-14/h4-6H,7-10,14H2,1-3H3,(H,15,16). The maximum Gasteiger partial charge on any atom is 0.144 e. The lowest BCUT2D eigenvalue weighted by Gasteiger charge is -2.45. The molecule has 0 amide bonds. The summed E-state index contributed by atoms with van der Waals surface area (Å²) in [7, 11) is 2.19. The summed E-state index contributed by atoms with van der Waals surface area (Å²) in [4.78, 5) is 9.11. The SMILES string of the molecule is CN1CCN(Cc2cccnc2NN)CC1(C)C. The van der Waals surface area contributed by atoms with E-state index < -0.39 is 0 Å². The number of pyridine rings is 1. The minimum absolute atomic E-state index is 0.219. The van der Waals surface area contributed by atoms with Gasteiger partial charge in [-0.15, -0.1) is 0 Å². The van der Waals surface area contributed by atoms with Gasteiger partial charge in [0.25, 0.3) is 0 Å². The third-order valence-corrected chi connectivity index (χ3v) is 3.82. The maximum atomic E-state index is 5.49. The zero-order chi connectivity index (χ0) is 13.2. The highest BCUT2D eigenvalue weighted by atomic mass is 15.3. The first-order valence-electron chi connectivity index (χ1n) is 6.37. The molecule has 1 saturated heterocycles. The lowest BCUT2D eigenvalue weighted by molar-refractivity contribution is 0.0360. The average Bonchev–Trinajstić information content (AvgIpc) is 2.34. The van der Waals surface area contributed by atoms with E-state index in [0.29, 0.717) is 0 Å². The van der Waals surface area contributed by atoms with Gasteiger partial charge in [0, 0.05) is 43.5 Å². The number of nitrogens with two attached hydrogens (primary N) is 1. The molecule has 0 spiro atoms. The van der Waals surface area contributed by atoms with Crippen molar-refractivity contribution in [3.63, 3.8) is 0 Å². The van der Waals surface area contributed by atoms with Crippen LogP contribution < -0.4 is 11.3 Å². The summed E-state index contributed by atoms with van der Waals surface area (Å²) >= 11 is 0. The second kappa shape index (κ2) is 5.22. The molecule has 5 nitrogen and oxygen atoms in total. The first-order chi connectivity index (χ1) is 8.53. The van der Waals surface area contributed by atoms with Gasteiger partial charge < -0.3 is 5.43 Å². The van der Waals surface area contributed by atoms with E-state index in [1.807, 2.05) is 6.07 Å². The average molecular weight is 249 g/mol. The van der Waals surface area contributed by atoms with Crippen molar-refractivity contribution in [3.8, 4) is 0 Å². The summed E-state index contributed by atoms with van der Waals surface area (Å²) in [5, 5.41) is 0. The van der Waals surface area contributed by atoms with Gasteiger partial charge in [-0.05, 0) is 27.0 Å². The van der Waals surface area contributed by atoms with Crippen LogP contribution in [-0.4, -0.2) is 47.0 Å². The number of piperazine rings is 1. The van der Waals surface area contributed by atoms with Crippen LogP contribution in [0.4, 0.5) is 5.82 Å². The molecule has 0 saturated carbocycles. The molecule has 2 rings (SSSR count). The molecule has 0 unspecified atom stereocenters. The molecular formula is C13H23N5. The molecule has 2 heterocycles. The normalized spacial score (nSPS) is 20.9. The summed E-state index contributed by atoms with van der Waals surface area (Å²) < 4.78 is 0. The van der Waals surface area contributed by atoms with Crippen LogP contribution in [-0.2, 0) is 6.54 Å². The quantitative estimate of drug-likeness (QED) is 0.615. The summed E-state index contributed by atoms with van der Waals surface area (Å²) in [5.74, 6) is 6.26. The van der Waals surface area contributed by atoms with Gasteiger partial charge in [-0.1, -0.05) is 6.07 Å². The molecule has 0 atom stereocenters. The largest absolute Gasteiger partial charge is 0.308 e. The Morgan fingerprint density at radius 1 is 1.44 bits per heavy atom. The second-order valence-electron chi connectivity index (χ2n) is 5.60. The molecule has 0 bridgehead atoms. The smallest absolute Gasteiger partial charge is 0.144 e. The van der Waals surface area contributed by atoms with Crippen LogP contribution in [0.3, 0.4) is 0 Å². The highest BCUT2D eigenvalue weighted by molar-refractivity contribution is 5.42. The predicted molar refractivity (Wildman–Crippen MR) is 74.0 cm³/mol. The fourth-order valence-corrected chi connectivity index (χ4v) is 2.41. The minimum Gasteiger partial charge on any atom is -0.308 e. The van der Waals surface area contributed by atoms with Crippen molar-refractivity contribution in [3.05, 3.63) is 23.9 Å². The zero-order valence-electron chi connectivity index (χ0n) is 11.5. The second-order valence-corrected chi connectivity index (χ2v) is 5.60. The summed E-state index contributed by atoms with van der Waals surface area (Å²) in [5.41, 5.74) is 4.04. The highest BCUT2D eigenvalue weighted by Gasteiger charge is 2.31. The van der Waals surface area contributed by atoms with Gasteiger partial charge in [0.15, 0.2) is 0 Å². The molecule has 0 aromatic carbocycles. The molecule has 1 aromatic heterocycles. The fourth-order valence-electron chi connectivity index (χ4n) is 2.41. The molecule has 1 aliphatic heterocycles. The maximum absolute atomic E-state index is 5.49. The number of hydrogen-bond acceptors (Lipinski definition) is 5. The van der Waals surface area contributed by atoms with Crippen molar-refractivity contribution < 1.29 is 0 Å². The van der Waals surface area contributed by atoms with E-state index in [4.69, 9.17) is 5.84 Å². The van der Waals surface area contributed by atoms with Gasteiger partial charge in [-0.3, -0.25) is 9.80 Å². The van der Waals surface area contributed by atoms with E-state index in [1.54, 1.807) is 6.20 Å². The predicted octanol–water partition coefficient (Wildman–Crippen LogP) is 0.893. The Bertz CT molecular complexity index is 404. The first-order valence-corrected chi connectivity index (χ1v) is 6.37. The van der Waals surface area contributed by atoms with Crippen LogP contribution in [0.1, 0.15) is 19.4 Å². The number of rotatable bonds is 3. The van der Waals surface area contributed by atoms with Crippen LogP contribution in [0.5, 0.6) is 0 Å². The van der Waals surface area contributed by atoms with Crippen molar-refractivity contribution in [2.45, 2.75) is 25.9 Å². The van der Waals surface area contributed by atoms with Gasteiger partial charge in [0.05, 0.1) is 0 Å². The van der Waals surface area contributed by atoms with Crippen molar-refractivity contribution in [2.75, 3.05) is 32.1 Å². The highest BCUT2D eigenvalue weighted by Crippen LogP contribution is 2.21. The van der Waals surface area contributed by atoms with E-state index >= 15 is 0 Å². The Morgan fingerprint density at radius 2 is 2.22 bits per heavy atom. The van der Waals surface area contributed by atoms with Gasteiger partial charge in [-0.25, -0.2) is 10.8 Å². The van der Waals surface area contributed by atoms with Crippen molar-refractivity contribution in [1.82, 2.24) is 14.8 Å². The van der Waals surface area contributed by atoms with Gasteiger partial charge in [0.2, 0.25) is 0 Å². The van der Waals surface area contributed by atoms with Crippen molar-refractivity contribution in [1.29, 1.82) is 0 Å². The van der Waals surface area contributed by atoms with Gasteiger partial charge in [-0.2, -0.15) is 0 Å². The number of likely N-dealkylation sites (N-methyl/N-ethyl adjacent to an activating group) is 1. The molecule has 18 heavy (non-hydrogen) atoms. The molecule has 0 aliphatic carbocycles. The number of nitrogens with one attached hydrogen (secondary N) is 1. The Morgan fingerprint density at radius 3 is 2.89 bits per heavy atom. The van der Waals surface area contributed by atoms with E-state index in [1.165, 1.54) is 0 Å². The van der Waals surface area contributed by atoms with Crippen LogP contribution >= 0.6 is 0 Å². The lowest BCUT2D eigenvalue weighted by Crippen LogP contribution is -2.57. The summed E-state index contributed by atoms with van der Waals surface area (Å²) in [6.07, 6.45) is 1.76. The van der Waals surface area contributed by atoms with E-state index in [9.17, 15) is 0 Å².